The van der Waals surface area contributed by atoms with Crippen LogP contribution in [0, 0.1) is 5.92 Å². The molecule has 1 aliphatic rings. The van der Waals surface area contributed by atoms with Crippen molar-refractivity contribution < 1.29 is 14.6 Å². The molecule has 30 heavy (non-hydrogen) atoms. The van der Waals surface area contributed by atoms with Gasteiger partial charge in [-0.3, -0.25) is 0 Å². The van der Waals surface area contributed by atoms with Crippen LogP contribution in [0.3, 0.4) is 0 Å². The van der Waals surface area contributed by atoms with Crippen LogP contribution < -0.4 is 9.47 Å². The number of phenols is 1. The van der Waals surface area contributed by atoms with Crippen molar-refractivity contribution in [3.63, 3.8) is 0 Å². The molecule has 5 heteroatoms. The fourth-order valence-electron chi connectivity index (χ4n) is 4.33. The van der Waals surface area contributed by atoms with Gasteiger partial charge < -0.3 is 24.4 Å². The number of likely N-dealkylation sites (tertiary alicyclic amines) is 1. The Bertz CT molecular complexity index is 778. The SMILES string of the molecule is CCOc1cc(CN(C)C[C@H]2CCCN(CCc3ccc(OC)cc3)C2)ccc1O. The van der Waals surface area contributed by atoms with Gasteiger partial charge in [0.15, 0.2) is 11.5 Å². The van der Waals surface area contributed by atoms with Crippen molar-refractivity contribution in [2.75, 3.05) is 46.9 Å². The van der Waals surface area contributed by atoms with E-state index in [4.69, 9.17) is 9.47 Å². The summed E-state index contributed by atoms with van der Waals surface area (Å²) in [6.45, 7) is 7.92. The van der Waals surface area contributed by atoms with Gasteiger partial charge in [-0.05, 0) is 81.1 Å². The Labute approximate surface area is 181 Å². The Hall–Kier alpha value is -2.24. The molecule has 2 aromatic rings. The third-order valence-electron chi connectivity index (χ3n) is 5.83. The minimum absolute atomic E-state index is 0.211. The van der Waals surface area contributed by atoms with E-state index in [0.717, 1.165) is 31.8 Å². The van der Waals surface area contributed by atoms with E-state index in [1.807, 2.05) is 31.2 Å². The number of methoxy groups -OCH3 is 1. The maximum Gasteiger partial charge on any atom is 0.161 e. The zero-order chi connectivity index (χ0) is 21.3. The first-order valence-corrected chi connectivity index (χ1v) is 11.1. The van der Waals surface area contributed by atoms with Crippen molar-refractivity contribution in [1.82, 2.24) is 9.80 Å². The Morgan fingerprint density at radius 2 is 1.90 bits per heavy atom. The molecule has 1 aliphatic heterocycles. The molecule has 5 nitrogen and oxygen atoms in total. The zero-order valence-corrected chi connectivity index (χ0v) is 18.6. The van der Waals surface area contributed by atoms with Gasteiger partial charge in [0.2, 0.25) is 0 Å². The second-order valence-corrected chi connectivity index (χ2v) is 8.34. The summed E-state index contributed by atoms with van der Waals surface area (Å²) < 4.78 is 10.8. The summed E-state index contributed by atoms with van der Waals surface area (Å²) >= 11 is 0. The number of aromatic hydroxyl groups is 1. The highest BCUT2D eigenvalue weighted by molar-refractivity contribution is 5.41. The minimum Gasteiger partial charge on any atom is -0.504 e. The number of rotatable bonds is 10. The lowest BCUT2D eigenvalue weighted by molar-refractivity contribution is 0.142. The van der Waals surface area contributed by atoms with Gasteiger partial charge in [0, 0.05) is 26.2 Å². The molecule has 2 aromatic carbocycles. The third-order valence-corrected chi connectivity index (χ3v) is 5.83. The fraction of sp³-hybridized carbons (Fsp3) is 0.520. The summed E-state index contributed by atoms with van der Waals surface area (Å²) in [4.78, 5) is 5.00. The van der Waals surface area contributed by atoms with Gasteiger partial charge in [0.25, 0.3) is 0 Å². The maximum atomic E-state index is 9.90. The lowest BCUT2D eigenvalue weighted by atomic mass is 9.97. The highest BCUT2D eigenvalue weighted by atomic mass is 16.5. The topological polar surface area (TPSA) is 45.2 Å². The second kappa shape index (κ2) is 11.2. The zero-order valence-electron chi connectivity index (χ0n) is 18.6. The quantitative estimate of drug-likeness (QED) is 0.634. The molecule has 1 saturated heterocycles. The summed E-state index contributed by atoms with van der Waals surface area (Å²) in [5.74, 6) is 2.40. The smallest absolute Gasteiger partial charge is 0.161 e. The Morgan fingerprint density at radius 1 is 1.13 bits per heavy atom. The van der Waals surface area contributed by atoms with Crippen molar-refractivity contribution in [2.24, 2.45) is 5.92 Å². The number of hydrogen-bond acceptors (Lipinski definition) is 5. The molecule has 0 radical (unpaired) electrons. The van der Waals surface area contributed by atoms with Crippen LogP contribution in [0.5, 0.6) is 17.2 Å². The van der Waals surface area contributed by atoms with Gasteiger partial charge in [-0.1, -0.05) is 18.2 Å². The van der Waals surface area contributed by atoms with Crippen LogP contribution >= 0.6 is 0 Å². The number of benzene rings is 2. The molecule has 1 heterocycles. The average Bonchev–Trinajstić information content (AvgIpc) is 2.75. The van der Waals surface area contributed by atoms with E-state index in [9.17, 15) is 5.11 Å². The van der Waals surface area contributed by atoms with Crippen LogP contribution in [0.15, 0.2) is 42.5 Å². The predicted octanol–water partition coefficient (Wildman–Crippen LogP) is 4.19. The van der Waals surface area contributed by atoms with Gasteiger partial charge >= 0.3 is 0 Å². The van der Waals surface area contributed by atoms with Crippen LogP contribution in [-0.2, 0) is 13.0 Å². The Morgan fingerprint density at radius 3 is 2.63 bits per heavy atom. The lowest BCUT2D eigenvalue weighted by Gasteiger charge is -2.34. The fourth-order valence-corrected chi connectivity index (χ4v) is 4.33. The summed E-state index contributed by atoms with van der Waals surface area (Å²) in [6.07, 6.45) is 3.65. The highest BCUT2D eigenvalue weighted by Crippen LogP contribution is 2.27. The van der Waals surface area contributed by atoms with Crippen LogP contribution in [0.4, 0.5) is 0 Å². The van der Waals surface area contributed by atoms with E-state index in [-0.39, 0.29) is 5.75 Å². The molecule has 164 valence electrons. The predicted molar refractivity (Wildman–Crippen MR) is 121 cm³/mol. The van der Waals surface area contributed by atoms with E-state index >= 15 is 0 Å². The Kier molecular flexibility index (Phi) is 8.40. The lowest BCUT2D eigenvalue weighted by Crippen LogP contribution is -2.40. The molecular weight excluding hydrogens is 376 g/mol. The first kappa shape index (κ1) is 22.4. The van der Waals surface area contributed by atoms with E-state index in [1.54, 1.807) is 13.2 Å². The number of piperidine rings is 1. The van der Waals surface area contributed by atoms with Gasteiger partial charge in [-0.15, -0.1) is 0 Å². The van der Waals surface area contributed by atoms with E-state index in [1.165, 1.54) is 37.1 Å². The molecule has 1 N–H and O–H groups in total. The molecule has 0 aromatic heterocycles. The normalized spacial score (nSPS) is 17.3. The number of phenolic OH excluding ortho intramolecular Hbond substituents is 1. The summed E-state index contributed by atoms with van der Waals surface area (Å²) in [6, 6.07) is 14.1. The largest absolute Gasteiger partial charge is 0.504 e. The van der Waals surface area contributed by atoms with E-state index < -0.39 is 0 Å². The van der Waals surface area contributed by atoms with Crippen LogP contribution in [-0.4, -0.2) is 61.8 Å². The van der Waals surface area contributed by atoms with Crippen LogP contribution in [0.1, 0.15) is 30.9 Å². The monoisotopic (exact) mass is 412 g/mol. The first-order chi connectivity index (χ1) is 14.6. The first-order valence-electron chi connectivity index (χ1n) is 11.1. The molecule has 1 atom stereocenters. The van der Waals surface area contributed by atoms with Crippen molar-refractivity contribution in [2.45, 2.75) is 32.7 Å². The molecule has 1 fully saturated rings. The molecule has 0 amide bonds. The molecule has 0 spiro atoms. The van der Waals surface area contributed by atoms with Crippen molar-refractivity contribution in [3.8, 4) is 17.2 Å². The third kappa shape index (κ3) is 6.64. The number of nitrogens with zero attached hydrogens (tertiary/aromatic N) is 2. The van der Waals surface area contributed by atoms with Crippen molar-refractivity contribution >= 4 is 0 Å². The summed E-state index contributed by atoms with van der Waals surface area (Å²) in [5.41, 5.74) is 2.54. The summed E-state index contributed by atoms with van der Waals surface area (Å²) in [5, 5.41) is 9.90. The number of hydrogen-bond donors (Lipinski definition) is 1. The second-order valence-electron chi connectivity index (χ2n) is 8.34. The van der Waals surface area contributed by atoms with Gasteiger partial charge in [-0.25, -0.2) is 0 Å². The average molecular weight is 413 g/mol. The maximum absolute atomic E-state index is 9.90. The molecule has 3 rings (SSSR count). The minimum atomic E-state index is 0.211. The summed E-state index contributed by atoms with van der Waals surface area (Å²) in [7, 11) is 3.89. The highest BCUT2D eigenvalue weighted by Gasteiger charge is 2.21. The molecule has 0 unspecified atom stereocenters. The van der Waals surface area contributed by atoms with Crippen LogP contribution in [0.25, 0.3) is 0 Å². The standard InChI is InChI=1S/C25H36N2O3/c1-4-30-25-16-21(9-12-24(25)28)17-26(2)18-22-6-5-14-27(19-22)15-13-20-7-10-23(29-3)11-8-20/h7-12,16,22,28H,4-6,13-15,17-19H2,1-3H3/t22-/m1/s1. The number of ether oxygens (including phenoxy) is 2. The van der Waals surface area contributed by atoms with Crippen molar-refractivity contribution in [3.05, 3.63) is 53.6 Å². The van der Waals surface area contributed by atoms with Gasteiger partial charge in [-0.2, -0.15) is 0 Å². The van der Waals surface area contributed by atoms with Gasteiger partial charge in [0.1, 0.15) is 5.75 Å². The van der Waals surface area contributed by atoms with Gasteiger partial charge in [0.05, 0.1) is 13.7 Å². The van der Waals surface area contributed by atoms with Crippen LogP contribution in [0.2, 0.25) is 0 Å². The molecular formula is C25H36N2O3. The van der Waals surface area contributed by atoms with Crippen molar-refractivity contribution in [1.29, 1.82) is 0 Å². The molecule has 0 saturated carbocycles. The molecule has 0 bridgehead atoms. The Balaban J connectivity index is 1.46. The molecule has 0 aliphatic carbocycles. The van der Waals surface area contributed by atoms with E-state index in [0.29, 0.717) is 18.3 Å². The van der Waals surface area contributed by atoms with E-state index in [2.05, 4.69) is 29.0 Å².